The second-order valence-corrected chi connectivity index (χ2v) is 6.05. The molecule has 0 atom stereocenters. The number of nitrogens with one attached hydrogen (secondary N) is 2. The molecule has 0 unspecified atom stereocenters. The van der Waals surface area contributed by atoms with Crippen LogP contribution < -0.4 is 10.7 Å². The Morgan fingerprint density at radius 1 is 1.04 bits per heavy atom. The molecule has 8 heteroatoms. The highest BCUT2D eigenvalue weighted by Gasteiger charge is 2.09. The number of hydrazone groups is 1. The summed E-state index contributed by atoms with van der Waals surface area (Å²) >= 11 is 0. The number of halogens is 1. The maximum Gasteiger partial charge on any atom is 0.291 e. The number of benzene rings is 2. The molecule has 2 N–H and O–H groups in total. The molecule has 0 saturated carbocycles. The molecule has 2 aromatic carbocycles. The third kappa shape index (κ3) is 4.67. The summed E-state index contributed by atoms with van der Waals surface area (Å²) in [5.74, 6) is -1.28. The summed E-state index contributed by atoms with van der Waals surface area (Å²) in [6.07, 6.45) is 1.67. The maximum absolute atomic E-state index is 13.2. The Morgan fingerprint density at radius 3 is 2.43 bits per heavy atom. The van der Waals surface area contributed by atoms with Crippen molar-refractivity contribution in [3.63, 3.8) is 0 Å². The van der Waals surface area contributed by atoms with Gasteiger partial charge in [-0.1, -0.05) is 18.2 Å². The molecule has 0 radical (unpaired) electrons. The average Bonchev–Trinajstić information content (AvgIpc) is 3.13. The zero-order valence-electron chi connectivity index (χ0n) is 15.3. The average molecular weight is 379 g/mol. The fourth-order valence-electron chi connectivity index (χ4n) is 2.42. The highest BCUT2D eigenvalue weighted by molar-refractivity contribution is 6.05. The van der Waals surface area contributed by atoms with Gasteiger partial charge in [-0.05, 0) is 48.9 Å². The molecule has 3 aromatic rings. The minimum Gasteiger partial charge on any atom is -0.322 e. The molecule has 7 nitrogen and oxygen atoms in total. The van der Waals surface area contributed by atoms with Crippen molar-refractivity contribution < 1.29 is 14.0 Å². The first-order valence-corrected chi connectivity index (χ1v) is 8.44. The number of carbonyl (C=O) groups is 2. The predicted octanol–water partition coefficient (Wildman–Crippen LogP) is 2.97. The third-order valence-electron chi connectivity index (χ3n) is 3.92. The highest BCUT2D eigenvalue weighted by Crippen LogP contribution is 2.13. The van der Waals surface area contributed by atoms with E-state index in [4.69, 9.17) is 0 Å². The summed E-state index contributed by atoms with van der Waals surface area (Å²) in [6.45, 7) is 1.75. The molecule has 0 aliphatic carbocycles. The highest BCUT2D eigenvalue weighted by atomic mass is 19.1. The van der Waals surface area contributed by atoms with Gasteiger partial charge in [-0.25, -0.2) is 9.82 Å². The van der Waals surface area contributed by atoms with E-state index in [9.17, 15) is 14.0 Å². The molecule has 0 spiro atoms. The number of aryl methyl sites for hydroxylation is 1. The molecule has 142 valence electrons. The van der Waals surface area contributed by atoms with Crippen molar-refractivity contribution in [3.8, 4) is 0 Å². The molecule has 0 aliphatic rings. The zero-order valence-corrected chi connectivity index (χ0v) is 15.3. The summed E-state index contributed by atoms with van der Waals surface area (Å²) in [5.41, 5.74) is 4.88. The van der Waals surface area contributed by atoms with Crippen LogP contribution in [0.4, 0.5) is 10.1 Å². The van der Waals surface area contributed by atoms with Gasteiger partial charge in [-0.15, -0.1) is 0 Å². The van der Waals surface area contributed by atoms with Crippen molar-refractivity contribution in [2.75, 3.05) is 5.32 Å². The van der Waals surface area contributed by atoms with Crippen molar-refractivity contribution >= 4 is 23.2 Å². The van der Waals surface area contributed by atoms with Gasteiger partial charge in [0, 0.05) is 24.5 Å². The van der Waals surface area contributed by atoms with E-state index in [1.54, 1.807) is 50.5 Å². The molecule has 28 heavy (non-hydrogen) atoms. The number of hydrogen-bond acceptors (Lipinski definition) is 4. The molecule has 0 bridgehead atoms. The van der Waals surface area contributed by atoms with Gasteiger partial charge >= 0.3 is 0 Å². The van der Waals surface area contributed by atoms with E-state index in [-0.39, 0.29) is 11.3 Å². The molecule has 0 saturated heterocycles. The largest absolute Gasteiger partial charge is 0.322 e. The van der Waals surface area contributed by atoms with Crippen LogP contribution in [-0.2, 0) is 7.05 Å². The summed E-state index contributed by atoms with van der Waals surface area (Å²) in [6, 6.07) is 14.0. The van der Waals surface area contributed by atoms with Crippen LogP contribution in [0, 0.1) is 5.82 Å². The van der Waals surface area contributed by atoms with Gasteiger partial charge < -0.3 is 5.32 Å². The van der Waals surface area contributed by atoms with Crippen molar-refractivity contribution in [3.05, 3.63) is 83.4 Å². The SMILES string of the molecule is C/C(=N\NC(=O)c1ccn(C)n1)c1ccc(NC(=O)c2cccc(F)c2)cc1. The minimum absolute atomic E-state index is 0.235. The van der Waals surface area contributed by atoms with E-state index in [1.165, 1.54) is 28.9 Å². The van der Waals surface area contributed by atoms with E-state index in [0.717, 1.165) is 5.56 Å². The van der Waals surface area contributed by atoms with Gasteiger partial charge in [-0.2, -0.15) is 10.2 Å². The monoisotopic (exact) mass is 379 g/mol. The van der Waals surface area contributed by atoms with Crippen LogP contribution in [0.1, 0.15) is 33.3 Å². The molecule has 1 aromatic heterocycles. The Kier molecular flexibility index (Phi) is 5.59. The number of carbonyl (C=O) groups excluding carboxylic acids is 2. The lowest BCUT2D eigenvalue weighted by Crippen LogP contribution is -2.20. The lowest BCUT2D eigenvalue weighted by atomic mass is 10.1. The van der Waals surface area contributed by atoms with Crippen LogP contribution >= 0.6 is 0 Å². The van der Waals surface area contributed by atoms with E-state index >= 15 is 0 Å². The van der Waals surface area contributed by atoms with E-state index in [0.29, 0.717) is 11.4 Å². The zero-order chi connectivity index (χ0) is 20.1. The van der Waals surface area contributed by atoms with Crippen LogP contribution in [0.25, 0.3) is 0 Å². The van der Waals surface area contributed by atoms with Crippen LogP contribution in [-0.4, -0.2) is 27.3 Å². The van der Waals surface area contributed by atoms with E-state index in [2.05, 4.69) is 20.9 Å². The number of hydrogen-bond donors (Lipinski definition) is 2. The lowest BCUT2D eigenvalue weighted by molar-refractivity contribution is 0.0948. The topological polar surface area (TPSA) is 88.4 Å². The summed E-state index contributed by atoms with van der Waals surface area (Å²) < 4.78 is 14.7. The van der Waals surface area contributed by atoms with Gasteiger partial charge in [0.2, 0.25) is 0 Å². The number of rotatable bonds is 5. The molecule has 1 heterocycles. The summed E-state index contributed by atoms with van der Waals surface area (Å²) in [5, 5.41) is 10.8. The van der Waals surface area contributed by atoms with Gasteiger partial charge in [0.25, 0.3) is 11.8 Å². The van der Waals surface area contributed by atoms with Gasteiger partial charge in [-0.3, -0.25) is 14.3 Å². The number of aromatic nitrogens is 2. The smallest absolute Gasteiger partial charge is 0.291 e. The molecule has 2 amide bonds. The first-order valence-electron chi connectivity index (χ1n) is 8.44. The predicted molar refractivity (Wildman–Crippen MR) is 104 cm³/mol. The Hall–Kier alpha value is -3.81. The van der Waals surface area contributed by atoms with E-state index < -0.39 is 17.6 Å². The third-order valence-corrected chi connectivity index (χ3v) is 3.92. The molecular weight excluding hydrogens is 361 g/mol. The van der Waals surface area contributed by atoms with Crippen molar-refractivity contribution in [2.24, 2.45) is 12.1 Å². The van der Waals surface area contributed by atoms with E-state index in [1.807, 2.05) is 0 Å². The first-order chi connectivity index (χ1) is 13.4. The fraction of sp³-hybridized carbons (Fsp3) is 0.100. The van der Waals surface area contributed by atoms with Crippen LogP contribution in [0.3, 0.4) is 0 Å². The van der Waals surface area contributed by atoms with Gasteiger partial charge in [0.05, 0.1) is 5.71 Å². The molecule has 0 aliphatic heterocycles. The summed E-state index contributed by atoms with van der Waals surface area (Å²) in [4.78, 5) is 24.1. The second-order valence-electron chi connectivity index (χ2n) is 6.05. The standard InChI is InChI=1S/C20H18FN5O2/c1-13(23-24-20(28)18-10-11-26(2)25-18)14-6-8-17(9-7-14)22-19(27)15-4-3-5-16(21)12-15/h3-12H,1-2H3,(H,22,27)(H,24,28)/b23-13+. The summed E-state index contributed by atoms with van der Waals surface area (Å²) in [7, 11) is 1.72. The first kappa shape index (κ1) is 19.0. The van der Waals surface area contributed by atoms with Gasteiger partial charge in [0.15, 0.2) is 5.69 Å². The van der Waals surface area contributed by atoms with Crippen molar-refractivity contribution in [1.82, 2.24) is 15.2 Å². The number of anilines is 1. The molecular formula is C20H18FN5O2. The Bertz CT molecular complexity index is 1040. The van der Waals surface area contributed by atoms with Crippen LogP contribution in [0.2, 0.25) is 0 Å². The maximum atomic E-state index is 13.2. The van der Waals surface area contributed by atoms with Gasteiger partial charge in [0.1, 0.15) is 5.82 Å². The number of amides is 2. The quantitative estimate of drug-likeness (QED) is 0.528. The Morgan fingerprint density at radius 2 is 1.79 bits per heavy atom. The Labute approximate surface area is 160 Å². The normalized spacial score (nSPS) is 11.2. The van der Waals surface area contributed by atoms with Crippen LogP contribution in [0.15, 0.2) is 65.9 Å². The fourth-order valence-corrected chi connectivity index (χ4v) is 2.42. The lowest BCUT2D eigenvalue weighted by Gasteiger charge is -2.07. The van der Waals surface area contributed by atoms with Crippen LogP contribution in [0.5, 0.6) is 0 Å². The van der Waals surface area contributed by atoms with Crippen molar-refractivity contribution in [1.29, 1.82) is 0 Å². The molecule has 3 rings (SSSR count). The Balaban J connectivity index is 1.63. The molecule has 0 fully saturated rings. The number of nitrogens with zero attached hydrogens (tertiary/aromatic N) is 3. The minimum atomic E-state index is -0.470. The second kappa shape index (κ2) is 8.26. The van der Waals surface area contributed by atoms with Crippen molar-refractivity contribution in [2.45, 2.75) is 6.92 Å².